The van der Waals surface area contributed by atoms with Gasteiger partial charge in [-0.15, -0.1) is 0 Å². The largest absolute Gasteiger partial charge is 0.379 e. The fraction of sp³-hybridized carbons (Fsp3) is 0.212. The van der Waals surface area contributed by atoms with E-state index in [0.717, 1.165) is 27.7 Å². The van der Waals surface area contributed by atoms with Gasteiger partial charge in [0.25, 0.3) is 0 Å². The van der Waals surface area contributed by atoms with Gasteiger partial charge in [0.2, 0.25) is 10.0 Å². The fourth-order valence-electron chi connectivity index (χ4n) is 5.34. The van der Waals surface area contributed by atoms with Crippen LogP contribution in [-0.2, 0) is 26.6 Å². The molecule has 8 nitrogen and oxygen atoms in total. The van der Waals surface area contributed by atoms with Crippen LogP contribution in [0.4, 0.5) is 11.4 Å². The number of nitrogens with zero attached hydrogens (tertiary/aromatic N) is 2. The molecule has 5 aromatic carbocycles. The normalized spacial score (nSPS) is 12.8. The highest BCUT2D eigenvalue weighted by Gasteiger charge is 2.23. The lowest BCUT2D eigenvalue weighted by Crippen LogP contribution is -2.34. The van der Waals surface area contributed by atoms with E-state index in [0.29, 0.717) is 17.2 Å². The van der Waals surface area contributed by atoms with Crippen LogP contribution in [0.15, 0.2) is 107 Å². The molecule has 0 radical (unpaired) electrons. The molecule has 1 atom stereocenters. The average molecular weight is 618 g/mol. The predicted octanol–water partition coefficient (Wildman–Crippen LogP) is 5.80. The number of fused-ring (bicyclic) bond motifs is 2. The van der Waals surface area contributed by atoms with Crippen molar-refractivity contribution in [3.8, 4) is 5.75 Å². The van der Waals surface area contributed by atoms with Gasteiger partial charge in [0.05, 0.1) is 4.90 Å². The number of sulfonamides is 1. The van der Waals surface area contributed by atoms with E-state index in [1.165, 1.54) is 6.07 Å². The molecule has 224 valence electrons. The Morgan fingerprint density at radius 3 is 1.63 bits per heavy atom. The Morgan fingerprint density at radius 2 is 1.09 bits per heavy atom. The Kier molecular flexibility index (Phi) is 8.38. The lowest BCUT2D eigenvalue weighted by Gasteiger charge is -2.19. The van der Waals surface area contributed by atoms with Crippen LogP contribution in [0.5, 0.6) is 5.75 Å². The van der Waals surface area contributed by atoms with E-state index in [2.05, 4.69) is 4.72 Å². The van der Waals surface area contributed by atoms with Crippen molar-refractivity contribution >= 4 is 53.1 Å². The fourth-order valence-corrected chi connectivity index (χ4v) is 7.95. The Morgan fingerprint density at radius 1 is 0.628 bits per heavy atom. The van der Waals surface area contributed by atoms with E-state index in [-0.39, 0.29) is 15.5 Å². The maximum Gasteiger partial charge on any atom is 0.339 e. The van der Waals surface area contributed by atoms with Gasteiger partial charge in [-0.1, -0.05) is 60.7 Å². The van der Waals surface area contributed by atoms with E-state index in [9.17, 15) is 16.8 Å². The van der Waals surface area contributed by atoms with Crippen molar-refractivity contribution in [3.63, 3.8) is 0 Å². The molecule has 0 bridgehead atoms. The third-order valence-electron chi connectivity index (χ3n) is 7.27. The molecule has 0 saturated carbocycles. The van der Waals surface area contributed by atoms with Gasteiger partial charge in [0.1, 0.15) is 10.6 Å². The summed E-state index contributed by atoms with van der Waals surface area (Å²) in [4.78, 5) is 4.20. The quantitative estimate of drug-likeness (QED) is 0.198. The Hall–Kier alpha value is -4.12. The molecule has 43 heavy (non-hydrogen) atoms. The predicted molar refractivity (Wildman–Crippen MR) is 174 cm³/mol. The summed E-state index contributed by atoms with van der Waals surface area (Å²) in [5.74, 6) is 0.171. The van der Waals surface area contributed by atoms with Crippen molar-refractivity contribution in [2.45, 2.75) is 29.2 Å². The Bertz CT molecular complexity index is 2010. The molecule has 0 aliphatic heterocycles. The topological polar surface area (TPSA) is 96.0 Å². The van der Waals surface area contributed by atoms with Crippen molar-refractivity contribution in [1.82, 2.24) is 4.72 Å². The van der Waals surface area contributed by atoms with Crippen LogP contribution >= 0.6 is 0 Å². The molecule has 1 N–H and O–H groups in total. The summed E-state index contributed by atoms with van der Waals surface area (Å²) in [6.07, 6.45) is 0.399. The molecule has 0 aliphatic carbocycles. The lowest BCUT2D eigenvalue weighted by molar-refractivity contribution is 0.486. The van der Waals surface area contributed by atoms with E-state index in [4.69, 9.17) is 4.18 Å². The maximum absolute atomic E-state index is 13.4. The molecule has 5 aromatic rings. The molecule has 0 fully saturated rings. The van der Waals surface area contributed by atoms with Crippen molar-refractivity contribution in [2.24, 2.45) is 0 Å². The number of benzene rings is 5. The first-order valence-electron chi connectivity index (χ1n) is 13.8. The summed E-state index contributed by atoms with van der Waals surface area (Å²) in [6, 6.07) is 27.8. The van der Waals surface area contributed by atoms with Crippen molar-refractivity contribution in [2.75, 3.05) is 38.0 Å². The second kappa shape index (κ2) is 11.9. The van der Waals surface area contributed by atoms with Crippen molar-refractivity contribution in [1.29, 1.82) is 0 Å². The first kappa shape index (κ1) is 30.3. The van der Waals surface area contributed by atoms with Gasteiger partial charge in [-0.2, -0.15) is 8.42 Å². The van der Waals surface area contributed by atoms with Crippen LogP contribution < -0.4 is 18.7 Å². The number of nitrogens with one attached hydrogen (secondary N) is 1. The van der Waals surface area contributed by atoms with Gasteiger partial charge in [-0.3, -0.25) is 0 Å². The maximum atomic E-state index is 13.4. The highest BCUT2D eigenvalue weighted by Crippen LogP contribution is 2.32. The summed E-state index contributed by atoms with van der Waals surface area (Å²) < 4.78 is 61.7. The molecule has 0 unspecified atom stereocenters. The van der Waals surface area contributed by atoms with E-state index < -0.39 is 26.2 Å². The second-order valence-corrected chi connectivity index (χ2v) is 14.2. The van der Waals surface area contributed by atoms with Gasteiger partial charge in [0, 0.05) is 67.2 Å². The summed E-state index contributed by atoms with van der Waals surface area (Å²) in [6.45, 7) is 1.80. The molecular weight excluding hydrogens is 583 g/mol. The van der Waals surface area contributed by atoms with Gasteiger partial charge in [0.15, 0.2) is 0 Å². The van der Waals surface area contributed by atoms with Crippen LogP contribution in [0, 0.1) is 0 Å². The van der Waals surface area contributed by atoms with Gasteiger partial charge in [-0.25, -0.2) is 13.1 Å². The zero-order chi connectivity index (χ0) is 30.9. The van der Waals surface area contributed by atoms with Gasteiger partial charge in [-0.05, 0) is 55.3 Å². The highest BCUT2D eigenvalue weighted by atomic mass is 32.2. The first-order chi connectivity index (χ1) is 20.4. The monoisotopic (exact) mass is 617 g/mol. The van der Waals surface area contributed by atoms with Crippen LogP contribution in [0.1, 0.15) is 12.5 Å². The summed E-state index contributed by atoms with van der Waals surface area (Å²) in [5.41, 5.74) is 2.67. The number of rotatable bonds is 10. The molecule has 0 saturated heterocycles. The molecule has 10 heteroatoms. The van der Waals surface area contributed by atoms with Crippen LogP contribution in [0.3, 0.4) is 0 Å². The third-order valence-corrected chi connectivity index (χ3v) is 10.2. The van der Waals surface area contributed by atoms with Crippen LogP contribution in [-0.4, -0.2) is 51.1 Å². The zero-order valence-corrected chi connectivity index (χ0v) is 26.4. The minimum Gasteiger partial charge on any atom is -0.379 e. The summed E-state index contributed by atoms with van der Waals surface area (Å²) >= 11 is 0. The van der Waals surface area contributed by atoms with Crippen LogP contribution in [0.2, 0.25) is 0 Å². The molecule has 0 aromatic heterocycles. The number of anilines is 2. The molecule has 0 spiro atoms. The van der Waals surface area contributed by atoms with Gasteiger partial charge < -0.3 is 14.0 Å². The smallest absolute Gasteiger partial charge is 0.339 e. The van der Waals surface area contributed by atoms with E-state index in [1.54, 1.807) is 55.5 Å². The molecule has 5 rings (SSSR count). The summed E-state index contributed by atoms with van der Waals surface area (Å²) in [7, 11) is -0.266. The molecule has 0 aliphatic rings. The van der Waals surface area contributed by atoms with E-state index in [1.807, 2.05) is 80.5 Å². The minimum absolute atomic E-state index is 0.0898. The van der Waals surface area contributed by atoms with Crippen LogP contribution in [0.25, 0.3) is 21.5 Å². The molecule has 0 heterocycles. The van der Waals surface area contributed by atoms with Crippen molar-refractivity contribution < 1.29 is 21.0 Å². The zero-order valence-electron chi connectivity index (χ0n) is 24.8. The molecular formula is C33H35N3O5S2. The molecule has 0 amide bonds. The SMILES string of the molecule is C[C@H](Cc1ccc(OS(=O)(=O)c2cccc3c(N(C)C)cccc23)cc1)NS(=O)(=O)c1cccc2c(N(C)C)cccc12. The van der Waals surface area contributed by atoms with Crippen molar-refractivity contribution in [3.05, 3.63) is 103 Å². The highest BCUT2D eigenvalue weighted by molar-refractivity contribution is 7.89. The number of hydrogen-bond acceptors (Lipinski definition) is 7. The Balaban J connectivity index is 1.31. The van der Waals surface area contributed by atoms with Gasteiger partial charge >= 0.3 is 10.1 Å². The number of hydrogen-bond donors (Lipinski definition) is 1. The average Bonchev–Trinajstić information content (AvgIpc) is 2.96. The lowest BCUT2D eigenvalue weighted by atomic mass is 10.1. The third kappa shape index (κ3) is 6.31. The Labute approximate surface area is 253 Å². The minimum atomic E-state index is -4.11. The summed E-state index contributed by atoms with van der Waals surface area (Å²) in [5, 5.41) is 2.90. The second-order valence-electron chi connectivity index (χ2n) is 11.0. The standard InChI is InChI=1S/C33H35N3O5S2/c1-23(34-42(37,38)32-16-8-10-26-28(32)12-6-14-30(26)35(2)3)22-24-18-20-25(21-19-24)41-43(39,40)33-17-9-11-27-29(33)13-7-15-31(27)36(4)5/h6-21,23,34H,22H2,1-5H3/t23-/m1/s1. The van der Waals surface area contributed by atoms with E-state index >= 15 is 0 Å². The first-order valence-corrected chi connectivity index (χ1v) is 16.7.